The zero-order valence-electron chi connectivity index (χ0n) is 9.65. The summed E-state index contributed by atoms with van der Waals surface area (Å²) in [4.78, 5) is 22.5. The van der Waals surface area contributed by atoms with Crippen LogP contribution >= 0.6 is 0 Å². The summed E-state index contributed by atoms with van der Waals surface area (Å²) in [6.07, 6.45) is 1.96. The smallest absolute Gasteiger partial charge is 0.224 e. The van der Waals surface area contributed by atoms with Gasteiger partial charge in [0.15, 0.2) is 0 Å². The molecule has 0 spiro atoms. The van der Waals surface area contributed by atoms with Gasteiger partial charge in [0.05, 0.1) is 12.2 Å². The van der Waals surface area contributed by atoms with Crippen molar-refractivity contribution in [3.63, 3.8) is 0 Å². The highest BCUT2D eigenvalue weighted by Gasteiger charge is 2.23. The molecule has 3 N–H and O–H groups in total. The highest BCUT2D eigenvalue weighted by molar-refractivity contribution is 7.88. The van der Waals surface area contributed by atoms with Gasteiger partial charge in [-0.2, -0.15) is 0 Å². The third-order valence-corrected chi connectivity index (χ3v) is 3.15. The lowest BCUT2D eigenvalue weighted by Crippen LogP contribution is -2.44. The molecule has 1 aliphatic heterocycles. The highest BCUT2D eigenvalue weighted by atomic mass is 32.2. The minimum absolute atomic E-state index is 0.0345. The van der Waals surface area contributed by atoms with Crippen LogP contribution in [0.25, 0.3) is 0 Å². The summed E-state index contributed by atoms with van der Waals surface area (Å²) in [5.41, 5.74) is 0. The van der Waals surface area contributed by atoms with Crippen molar-refractivity contribution in [1.82, 2.24) is 15.4 Å². The molecule has 7 nitrogen and oxygen atoms in total. The normalized spacial score (nSPS) is 20.8. The maximum Gasteiger partial charge on any atom is 0.224 e. The average Bonchev–Trinajstić information content (AvgIpc) is 2.24. The fourth-order valence-corrected chi connectivity index (χ4v) is 2.00. The highest BCUT2D eigenvalue weighted by Crippen LogP contribution is 2.10. The van der Waals surface area contributed by atoms with E-state index in [9.17, 15) is 18.0 Å². The Balaban J connectivity index is 2.19. The van der Waals surface area contributed by atoms with Crippen LogP contribution in [0.2, 0.25) is 0 Å². The van der Waals surface area contributed by atoms with Gasteiger partial charge < -0.3 is 10.6 Å². The van der Waals surface area contributed by atoms with Crippen molar-refractivity contribution in [2.45, 2.75) is 12.8 Å². The molecule has 1 unspecified atom stereocenters. The number of rotatable bonds is 5. The van der Waals surface area contributed by atoms with Crippen molar-refractivity contribution in [2.24, 2.45) is 5.92 Å². The van der Waals surface area contributed by atoms with Crippen molar-refractivity contribution in [3.05, 3.63) is 0 Å². The summed E-state index contributed by atoms with van der Waals surface area (Å²) < 4.78 is 23.8. The number of hydrogen-bond donors (Lipinski definition) is 3. The molecular weight excluding hydrogens is 246 g/mol. The Kier molecular flexibility index (Phi) is 4.88. The van der Waals surface area contributed by atoms with Crippen LogP contribution in [0.4, 0.5) is 0 Å². The summed E-state index contributed by atoms with van der Waals surface area (Å²) in [5.74, 6) is -0.404. The number of nitrogens with one attached hydrogen (secondary N) is 3. The minimum Gasteiger partial charge on any atom is -0.355 e. The molecule has 17 heavy (non-hydrogen) atoms. The first-order valence-corrected chi connectivity index (χ1v) is 7.26. The summed E-state index contributed by atoms with van der Waals surface area (Å²) >= 11 is 0. The molecule has 1 rings (SSSR count). The van der Waals surface area contributed by atoms with Crippen LogP contribution in [0.15, 0.2) is 0 Å². The van der Waals surface area contributed by atoms with E-state index in [1.807, 2.05) is 0 Å². The number of hydrogen-bond acceptors (Lipinski definition) is 4. The molecule has 2 amide bonds. The van der Waals surface area contributed by atoms with Crippen LogP contribution in [-0.4, -0.2) is 46.1 Å². The van der Waals surface area contributed by atoms with E-state index in [0.717, 1.165) is 6.26 Å². The summed E-state index contributed by atoms with van der Waals surface area (Å²) in [5, 5.41) is 5.24. The van der Waals surface area contributed by atoms with E-state index in [-0.39, 0.29) is 30.8 Å². The van der Waals surface area contributed by atoms with Crippen LogP contribution in [0.5, 0.6) is 0 Å². The third kappa shape index (κ3) is 5.64. The van der Waals surface area contributed by atoms with Crippen LogP contribution in [0.3, 0.4) is 0 Å². The van der Waals surface area contributed by atoms with Gasteiger partial charge in [0.25, 0.3) is 0 Å². The van der Waals surface area contributed by atoms with Crippen molar-refractivity contribution in [1.29, 1.82) is 0 Å². The summed E-state index contributed by atoms with van der Waals surface area (Å²) in [7, 11) is -3.21. The Morgan fingerprint density at radius 1 is 1.47 bits per heavy atom. The lowest BCUT2D eigenvalue weighted by Gasteiger charge is -2.21. The average molecular weight is 263 g/mol. The number of sulfonamides is 1. The quantitative estimate of drug-likeness (QED) is 0.508. The van der Waals surface area contributed by atoms with E-state index < -0.39 is 10.0 Å². The number of carbonyl (C=O) groups is 2. The first-order valence-electron chi connectivity index (χ1n) is 5.37. The van der Waals surface area contributed by atoms with Crippen molar-refractivity contribution < 1.29 is 18.0 Å². The first kappa shape index (κ1) is 13.9. The van der Waals surface area contributed by atoms with Crippen molar-refractivity contribution >= 4 is 21.8 Å². The summed E-state index contributed by atoms with van der Waals surface area (Å²) in [6, 6.07) is 0. The molecule has 8 heteroatoms. The van der Waals surface area contributed by atoms with Gasteiger partial charge in [-0.1, -0.05) is 0 Å². The molecule has 1 saturated heterocycles. The van der Waals surface area contributed by atoms with Gasteiger partial charge in [0, 0.05) is 26.1 Å². The molecule has 0 aromatic rings. The van der Waals surface area contributed by atoms with E-state index in [2.05, 4.69) is 15.4 Å². The Labute approximate surface area is 100 Å². The van der Waals surface area contributed by atoms with Crippen molar-refractivity contribution in [2.75, 3.05) is 25.9 Å². The second kappa shape index (κ2) is 5.97. The van der Waals surface area contributed by atoms with E-state index in [0.29, 0.717) is 19.4 Å². The molecule has 1 fully saturated rings. The van der Waals surface area contributed by atoms with Gasteiger partial charge in [-0.25, -0.2) is 13.1 Å². The number of amides is 2. The Bertz CT molecular complexity index is 383. The zero-order valence-corrected chi connectivity index (χ0v) is 10.5. The fourth-order valence-electron chi connectivity index (χ4n) is 1.52. The van der Waals surface area contributed by atoms with E-state index in [4.69, 9.17) is 0 Å². The Morgan fingerprint density at radius 2 is 2.18 bits per heavy atom. The number of carbonyl (C=O) groups excluding carboxylic acids is 2. The molecule has 1 aliphatic rings. The predicted molar refractivity (Wildman–Crippen MR) is 61.6 cm³/mol. The second-order valence-corrected chi connectivity index (χ2v) is 5.83. The first-order chi connectivity index (χ1) is 7.88. The standard InChI is InChI=1S/C9H17N3O4S/c1-17(15,16)12-5-4-10-9(14)7-2-3-8(13)11-6-7/h7,12H,2-6H2,1H3,(H,10,14)(H,11,13). The van der Waals surface area contributed by atoms with Gasteiger partial charge in [-0.15, -0.1) is 0 Å². The van der Waals surface area contributed by atoms with Gasteiger partial charge in [0.2, 0.25) is 21.8 Å². The molecule has 1 heterocycles. The maximum absolute atomic E-state index is 11.6. The minimum atomic E-state index is -3.21. The molecule has 0 radical (unpaired) electrons. The van der Waals surface area contributed by atoms with Crippen LogP contribution in [0.1, 0.15) is 12.8 Å². The SMILES string of the molecule is CS(=O)(=O)NCCNC(=O)C1CCC(=O)NC1. The Hall–Kier alpha value is -1.15. The third-order valence-electron chi connectivity index (χ3n) is 2.42. The molecule has 0 saturated carbocycles. The van der Waals surface area contributed by atoms with Crippen LogP contribution < -0.4 is 15.4 Å². The van der Waals surface area contributed by atoms with Crippen molar-refractivity contribution in [3.8, 4) is 0 Å². The van der Waals surface area contributed by atoms with E-state index in [1.165, 1.54) is 0 Å². The predicted octanol–water partition coefficient (Wildman–Crippen LogP) is -1.82. The molecule has 98 valence electrons. The second-order valence-electron chi connectivity index (χ2n) is 4.00. The zero-order chi connectivity index (χ0) is 12.9. The van der Waals surface area contributed by atoms with E-state index in [1.54, 1.807) is 0 Å². The lowest BCUT2D eigenvalue weighted by atomic mass is 9.98. The molecule has 0 aliphatic carbocycles. The van der Waals surface area contributed by atoms with Gasteiger partial charge in [0.1, 0.15) is 0 Å². The topological polar surface area (TPSA) is 104 Å². The molecule has 0 aromatic carbocycles. The fraction of sp³-hybridized carbons (Fsp3) is 0.778. The van der Waals surface area contributed by atoms with Gasteiger partial charge in [-0.05, 0) is 6.42 Å². The Morgan fingerprint density at radius 3 is 2.71 bits per heavy atom. The van der Waals surface area contributed by atoms with Crippen LogP contribution in [-0.2, 0) is 19.6 Å². The maximum atomic E-state index is 11.6. The molecule has 0 aromatic heterocycles. The largest absolute Gasteiger partial charge is 0.355 e. The summed E-state index contributed by atoms with van der Waals surface area (Å²) in [6.45, 7) is 0.768. The van der Waals surface area contributed by atoms with Gasteiger partial charge in [-0.3, -0.25) is 9.59 Å². The monoisotopic (exact) mass is 263 g/mol. The number of piperidine rings is 1. The molecule has 0 bridgehead atoms. The van der Waals surface area contributed by atoms with Crippen LogP contribution in [0, 0.1) is 5.92 Å². The van der Waals surface area contributed by atoms with Gasteiger partial charge >= 0.3 is 0 Å². The molecule has 1 atom stereocenters. The van der Waals surface area contributed by atoms with E-state index >= 15 is 0 Å². The molecular formula is C9H17N3O4S. The lowest BCUT2D eigenvalue weighted by molar-refractivity contribution is -0.128.